The Morgan fingerprint density at radius 2 is 2.17 bits per heavy atom. The first-order chi connectivity index (χ1) is 8.63. The molecule has 18 heavy (non-hydrogen) atoms. The number of rotatable bonds is 6. The van der Waals surface area contributed by atoms with Gasteiger partial charge in [0.25, 0.3) is 0 Å². The highest BCUT2D eigenvalue weighted by Crippen LogP contribution is 2.21. The summed E-state index contributed by atoms with van der Waals surface area (Å²) in [7, 11) is 0. The molecule has 0 aromatic rings. The molecule has 1 aliphatic heterocycles. The summed E-state index contributed by atoms with van der Waals surface area (Å²) in [6.45, 7) is 4.75. The Balaban J connectivity index is 2.50. The minimum absolute atomic E-state index is 0.103. The molecule has 1 amide bonds. The van der Waals surface area contributed by atoms with Crippen LogP contribution >= 0.6 is 0 Å². The van der Waals surface area contributed by atoms with Gasteiger partial charge in [0.2, 0.25) is 0 Å². The van der Waals surface area contributed by atoms with Gasteiger partial charge in [0.05, 0.1) is 6.42 Å². The van der Waals surface area contributed by atoms with E-state index in [4.69, 9.17) is 14.6 Å². The summed E-state index contributed by atoms with van der Waals surface area (Å²) in [6.07, 6.45) is 2.25. The molecule has 0 unspecified atom stereocenters. The van der Waals surface area contributed by atoms with Crippen molar-refractivity contribution in [1.82, 2.24) is 5.32 Å². The van der Waals surface area contributed by atoms with Gasteiger partial charge < -0.3 is 19.9 Å². The smallest absolute Gasteiger partial charge is 0.407 e. The lowest BCUT2D eigenvalue weighted by Crippen LogP contribution is -2.43. The summed E-state index contributed by atoms with van der Waals surface area (Å²) in [5.41, 5.74) is 0. The zero-order valence-corrected chi connectivity index (χ0v) is 10.3. The monoisotopic (exact) mass is 257 g/mol. The predicted molar refractivity (Wildman–Crippen MR) is 64.3 cm³/mol. The summed E-state index contributed by atoms with van der Waals surface area (Å²) < 4.78 is 10.0. The van der Waals surface area contributed by atoms with Crippen molar-refractivity contribution in [2.24, 2.45) is 5.92 Å². The molecule has 1 atom stereocenters. The number of ether oxygens (including phenoxy) is 2. The van der Waals surface area contributed by atoms with E-state index in [0.29, 0.717) is 13.2 Å². The van der Waals surface area contributed by atoms with Crippen LogP contribution in [0.25, 0.3) is 0 Å². The van der Waals surface area contributed by atoms with Crippen molar-refractivity contribution in [3.8, 4) is 0 Å². The van der Waals surface area contributed by atoms with Crippen LogP contribution in [0.4, 0.5) is 4.79 Å². The fourth-order valence-corrected chi connectivity index (χ4v) is 1.97. The molecule has 0 aromatic heterocycles. The summed E-state index contributed by atoms with van der Waals surface area (Å²) in [5.74, 6) is -0.818. The number of carboxylic acid groups (broad SMARTS) is 1. The van der Waals surface area contributed by atoms with Gasteiger partial charge in [-0.3, -0.25) is 4.79 Å². The fourth-order valence-electron chi connectivity index (χ4n) is 1.97. The van der Waals surface area contributed by atoms with E-state index in [1.165, 1.54) is 6.08 Å². The second-order valence-corrected chi connectivity index (χ2v) is 4.19. The maximum absolute atomic E-state index is 11.4. The normalized spacial score (nSPS) is 17.8. The third-order valence-corrected chi connectivity index (χ3v) is 2.87. The van der Waals surface area contributed by atoms with Gasteiger partial charge in [-0.25, -0.2) is 4.79 Å². The number of carboxylic acids is 1. The molecule has 0 spiro atoms. The van der Waals surface area contributed by atoms with Crippen LogP contribution < -0.4 is 5.32 Å². The molecular weight excluding hydrogens is 238 g/mol. The predicted octanol–water partition coefficient (Wildman–Crippen LogP) is 1.17. The van der Waals surface area contributed by atoms with E-state index < -0.39 is 18.1 Å². The topological polar surface area (TPSA) is 84.9 Å². The van der Waals surface area contributed by atoms with Gasteiger partial charge in [-0.05, 0) is 18.8 Å². The number of hydrogen-bond acceptors (Lipinski definition) is 4. The van der Waals surface area contributed by atoms with Gasteiger partial charge in [0.15, 0.2) is 0 Å². The Labute approximate surface area is 106 Å². The zero-order chi connectivity index (χ0) is 13.4. The van der Waals surface area contributed by atoms with E-state index in [9.17, 15) is 9.59 Å². The Kier molecular flexibility index (Phi) is 6.21. The van der Waals surface area contributed by atoms with Crippen molar-refractivity contribution < 1.29 is 24.2 Å². The average Bonchev–Trinajstić information content (AvgIpc) is 2.36. The quantitative estimate of drug-likeness (QED) is 0.698. The van der Waals surface area contributed by atoms with Crippen molar-refractivity contribution in [1.29, 1.82) is 0 Å². The van der Waals surface area contributed by atoms with E-state index >= 15 is 0 Å². The Bertz CT molecular complexity index is 299. The van der Waals surface area contributed by atoms with Crippen LogP contribution in [0.15, 0.2) is 12.7 Å². The minimum atomic E-state index is -0.935. The summed E-state index contributed by atoms with van der Waals surface area (Å²) in [6, 6.07) is -0.413. The fraction of sp³-hybridized carbons (Fsp3) is 0.667. The first kappa shape index (κ1) is 14.5. The molecule has 6 heteroatoms. The molecule has 2 N–H and O–H groups in total. The van der Waals surface area contributed by atoms with Crippen LogP contribution in [0.3, 0.4) is 0 Å². The van der Waals surface area contributed by atoms with E-state index in [-0.39, 0.29) is 18.9 Å². The lowest BCUT2D eigenvalue weighted by atomic mass is 9.90. The molecular formula is C12H19NO5. The molecule has 0 bridgehead atoms. The number of carbonyl (C=O) groups excluding carboxylic acids is 1. The van der Waals surface area contributed by atoms with Crippen LogP contribution in [-0.4, -0.2) is 43.0 Å². The molecule has 1 fully saturated rings. The highest BCUT2D eigenvalue weighted by atomic mass is 16.5. The van der Waals surface area contributed by atoms with Gasteiger partial charge in [-0.2, -0.15) is 0 Å². The van der Waals surface area contributed by atoms with E-state index in [0.717, 1.165) is 12.8 Å². The molecule has 6 nitrogen and oxygen atoms in total. The third-order valence-electron chi connectivity index (χ3n) is 2.87. The van der Waals surface area contributed by atoms with Crippen molar-refractivity contribution >= 4 is 12.1 Å². The Hall–Kier alpha value is -1.56. The number of amides is 1. The van der Waals surface area contributed by atoms with Crippen LogP contribution in [0.2, 0.25) is 0 Å². The second kappa shape index (κ2) is 7.71. The largest absolute Gasteiger partial charge is 0.481 e. The molecule has 0 radical (unpaired) electrons. The van der Waals surface area contributed by atoms with Crippen molar-refractivity contribution in [3.05, 3.63) is 12.7 Å². The van der Waals surface area contributed by atoms with E-state index in [1.807, 2.05) is 0 Å². The summed E-state index contributed by atoms with van der Waals surface area (Å²) in [5, 5.41) is 11.5. The Morgan fingerprint density at radius 3 is 2.72 bits per heavy atom. The number of alkyl carbamates (subject to hydrolysis) is 1. The number of hydrogen-bond donors (Lipinski definition) is 2. The summed E-state index contributed by atoms with van der Waals surface area (Å²) in [4.78, 5) is 22.2. The van der Waals surface area contributed by atoms with Gasteiger partial charge in [0, 0.05) is 19.3 Å². The van der Waals surface area contributed by atoms with Crippen LogP contribution in [0.5, 0.6) is 0 Å². The van der Waals surface area contributed by atoms with Gasteiger partial charge in [-0.1, -0.05) is 12.7 Å². The molecule has 1 saturated heterocycles. The maximum Gasteiger partial charge on any atom is 0.407 e. The summed E-state index contributed by atoms with van der Waals surface area (Å²) >= 11 is 0. The zero-order valence-electron chi connectivity index (χ0n) is 10.3. The molecule has 102 valence electrons. The Morgan fingerprint density at radius 1 is 1.50 bits per heavy atom. The van der Waals surface area contributed by atoms with Crippen LogP contribution in [0.1, 0.15) is 19.3 Å². The van der Waals surface area contributed by atoms with Gasteiger partial charge in [0.1, 0.15) is 6.61 Å². The first-order valence-electron chi connectivity index (χ1n) is 5.97. The third kappa shape index (κ3) is 5.18. The van der Waals surface area contributed by atoms with E-state index in [2.05, 4.69) is 11.9 Å². The van der Waals surface area contributed by atoms with Crippen molar-refractivity contribution in [3.63, 3.8) is 0 Å². The molecule has 0 saturated carbocycles. The molecule has 1 heterocycles. The van der Waals surface area contributed by atoms with E-state index in [1.54, 1.807) is 0 Å². The number of aliphatic carboxylic acids is 1. The van der Waals surface area contributed by atoms with Crippen molar-refractivity contribution in [2.45, 2.75) is 25.3 Å². The second-order valence-electron chi connectivity index (χ2n) is 4.19. The highest BCUT2D eigenvalue weighted by molar-refractivity contribution is 5.71. The van der Waals surface area contributed by atoms with Crippen LogP contribution in [-0.2, 0) is 14.3 Å². The lowest BCUT2D eigenvalue weighted by Gasteiger charge is -2.29. The number of nitrogens with one attached hydrogen (secondary N) is 1. The lowest BCUT2D eigenvalue weighted by molar-refractivity contribution is -0.138. The average molecular weight is 257 g/mol. The maximum atomic E-state index is 11.4. The van der Waals surface area contributed by atoms with Crippen molar-refractivity contribution in [2.75, 3.05) is 19.8 Å². The standard InChI is InChI=1S/C12H19NO5/c1-2-5-18-12(16)13-10(8-11(14)15)9-3-6-17-7-4-9/h2,9-10H,1,3-8H2,(H,13,16)(H,14,15)/t10-/m0/s1. The highest BCUT2D eigenvalue weighted by Gasteiger charge is 2.27. The van der Waals surface area contributed by atoms with Crippen LogP contribution in [0, 0.1) is 5.92 Å². The van der Waals surface area contributed by atoms with Gasteiger partial charge in [-0.15, -0.1) is 0 Å². The minimum Gasteiger partial charge on any atom is -0.481 e. The van der Waals surface area contributed by atoms with Gasteiger partial charge >= 0.3 is 12.1 Å². The first-order valence-corrected chi connectivity index (χ1v) is 5.97. The number of carbonyl (C=O) groups is 2. The SMILES string of the molecule is C=CCOC(=O)N[C@@H](CC(=O)O)C1CCOCC1. The molecule has 1 aliphatic rings. The molecule has 0 aliphatic carbocycles. The molecule has 1 rings (SSSR count). The molecule has 0 aromatic carbocycles.